The first-order valence-electron chi connectivity index (χ1n) is 16.3. The normalized spacial score (nSPS) is 15.9. The van der Waals surface area contributed by atoms with Gasteiger partial charge < -0.3 is 4.74 Å². The van der Waals surface area contributed by atoms with Crippen LogP contribution in [0.5, 0.6) is 5.06 Å². The van der Waals surface area contributed by atoms with Crippen LogP contribution >= 0.6 is 68.0 Å². The molecule has 0 bridgehead atoms. The highest BCUT2D eigenvalue weighted by atomic mass is 32.1. The fourth-order valence-corrected chi connectivity index (χ4v) is 13.2. The molecule has 6 heterocycles. The molecule has 3 nitrogen and oxygen atoms in total. The third kappa shape index (κ3) is 5.84. The molecule has 280 valence electrons. The van der Waals surface area contributed by atoms with Gasteiger partial charge in [-0.1, -0.05) is 41.7 Å². The fourth-order valence-electron chi connectivity index (χ4n) is 6.68. The zero-order chi connectivity index (χ0) is 39.0. The van der Waals surface area contributed by atoms with E-state index in [1.807, 2.05) is 6.07 Å². The molecule has 1 aromatic carbocycles. The number of halogens is 6. The molecule has 15 heteroatoms. The first kappa shape index (κ1) is 37.8. The molecular weight excluding hydrogens is 835 g/mol. The summed E-state index contributed by atoms with van der Waals surface area (Å²) in [5.41, 5.74) is -2.97. The molecule has 0 fully saturated rings. The van der Waals surface area contributed by atoms with Crippen molar-refractivity contribution < 1.29 is 40.7 Å². The van der Waals surface area contributed by atoms with E-state index in [0.29, 0.717) is 46.0 Å². The third-order valence-corrected chi connectivity index (χ3v) is 16.8. The van der Waals surface area contributed by atoms with Gasteiger partial charge in [0.1, 0.15) is 0 Å². The Labute approximate surface area is 334 Å². The van der Waals surface area contributed by atoms with Gasteiger partial charge in [-0.3, -0.25) is 9.59 Å². The van der Waals surface area contributed by atoms with Gasteiger partial charge in [-0.05, 0) is 79.1 Å². The van der Waals surface area contributed by atoms with Gasteiger partial charge in [-0.25, -0.2) is 0 Å². The molecule has 6 aromatic heterocycles. The predicted molar refractivity (Wildman–Crippen MR) is 216 cm³/mol. The van der Waals surface area contributed by atoms with Crippen LogP contribution in [-0.4, -0.2) is 37.4 Å². The Hall–Kier alpha value is -4.12. The molecule has 8 rings (SSSR count). The van der Waals surface area contributed by atoms with Gasteiger partial charge in [0.25, 0.3) is 0 Å². The summed E-state index contributed by atoms with van der Waals surface area (Å²) in [5, 5.41) is -0.192. The van der Waals surface area contributed by atoms with E-state index < -0.39 is 40.0 Å². The zero-order valence-electron chi connectivity index (χ0n) is 28.6. The number of aldehydes is 2. The van der Waals surface area contributed by atoms with Gasteiger partial charge in [-0.2, -0.15) is 26.3 Å². The lowest BCUT2D eigenvalue weighted by Gasteiger charge is -2.26. The second-order valence-corrected chi connectivity index (χ2v) is 18.9. The smallest absolute Gasteiger partial charge is 0.380 e. The molecule has 0 N–H and O–H groups in total. The number of hydrogen-bond acceptors (Lipinski definition) is 9. The van der Waals surface area contributed by atoms with Gasteiger partial charge in [0.2, 0.25) is 0 Å². The van der Waals surface area contributed by atoms with Crippen molar-refractivity contribution in [1.82, 2.24) is 0 Å². The fraction of sp³-hybridized carbons (Fsp3) is 0.150. The minimum atomic E-state index is -5.79. The van der Waals surface area contributed by atoms with Crippen molar-refractivity contribution in [2.24, 2.45) is 0 Å². The molecule has 0 atom stereocenters. The molecule has 0 amide bonds. The van der Waals surface area contributed by atoms with Crippen LogP contribution in [0, 0.1) is 13.8 Å². The summed E-state index contributed by atoms with van der Waals surface area (Å²) in [4.78, 5) is 28.7. The molecule has 0 spiro atoms. The molecule has 0 radical (unpaired) electrons. The summed E-state index contributed by atoms with van der Waals surface area (Å²) in [6, 6.07) is 22.4. The van der Waals surface area contributed by atoms with Crippen molar-refractivity contribution in [2.45, 2.75) is 31.6 Å². The quantitative estimate of drug-likeness (QED) is 0.102. The first-order chi connectivity index (χ1) is 26.2. The lowest BCUT2D eigenvalue weighted by Crippen LogP contribution is -2.49. The number of rotatable bonds is 10. The number of ether oxygens (including phenoxy) is 1. The summed E-state index contributed by atoms with van der Waals surface area (Å²) >= 11 is 6.97. The SMILES string of the molecule is COc1sc(-c2ccccc2)c(C)c1C1=C(c2c(-c3ccc(-c4ccc(C=O)s4)s3)sc(-c3ccc(-c4ccc(C=O)s4)s3)c2C)C(F)(F)C(F)(F)C1(F)F. The highest BCUT2D eigenvalue weighted by Crippen LogP contribution is 2.69. The van der Waals surface area contributed by atoms with Crippen LogP contribution in [0.2, 0.25) is 0 Å². The number of allylic oxidation sites excluding steroid dienone is 2. The van der Waals surface area contributed by atoms with Crippen LogP contribution in [0.3, 0.4) is 0 Å². The Balaban J connectivity index is 1.42. The molecule has 7 aromatic rings. The van der Waals surface area contributed by atoms with Crippen molar-refractivity contribution >= 4 is 91.7 Å². The third-order valence-electron chi connectivity index (χ3n) is 9.28. The zero-order valence-corrected chi connectivity index (χ0v) is 33.5. The Kier molecular flexibility index (Phi) is 9.49. The lowest BCUT2D eigenvalue weighted by molar-refractivity contribution is -0.254. The maximum atomic E-state index is 16.7. The van der Waals surface area contributed by atoms with Gasteiger partial charge >= 0.3 is 17.8 Å². The number of alkyl halides is 6. The Morgan fingerprint density at radius 1 is 0.509 bits per heavy atom. The van der Waals surface area contributed by atoms with Crippen molar-refractivity contribution in [2.75, 3.05) is 7.11 Å². The molecular formula is C40H24F6O3S6. The number of carbonyl (C=O) groups is 2. The highest BCUT2D eigenvalue weighted by molar-refractivity contribution is 7.30. The van der Waals surface area contributed by atoms with Crippen LogP contribution in [0.15, 0.2) is 78.9 Å². The lowest BCUT2D eigenvalue weighted by atomic mass is 9.90. The topological polar surface area (TPSA) is 43.4 Å². The summed E-state index contributed by atoms with van der Waals surface area (Å²) in [5.74, 6) is -16.4. The minimum absolute atomic E-state index is 0.110. The maximum Gasteiger partial charge on any atom is 0.380 e. The van der Waals surface area contributed by atoms with Gasteiger partial charge in [0.15, 0.2) is 17.6 Å². The van der Waals surface area contributed by atoms with E-state index in [1.54, 1.807) is 72.8 Å². The predicted octanol–water partition coefficient (Wildman–Crippen LogP) is 14.5. The number of thiophene rings is 6. The van der Waals surface area contributed by atoms with E-state index in [1.165, 1.54) is 66.3 Å². The van der Waals surface area contributed by atoms with E-state index in [0.717, 1.165) is 43.6 Å². The molecule has 55 heavy (non-hydrogen) atoms. The van der Waals surface area contributed by atoms with Crippen LogP contribution in [-0.2, 0) is 0 Å². The van der Waals surface area contributed by atoms with Crippen molar-refractivity contribution in [1.29, 1.82) is 0 Å². The molecule has 1 aliphatic carbocycles. The highest BCUT2D eigenvalue weighted by Gasteiger charge is 2.81. The first-order valence-corrected chi connectivity index (χ1v) is 21.2. The second kappa shape index (κ2) is 13.8. The van der Waals surface area contributed by atoms with Crippen LogP contribution in [0.1, 0.15) is 41.6 Å². The number of benzene rings is 1. The number of carbonyl (C=O) groups excluding carboxylic acids is 2. The Bertz CT molecular complexity index is 2650. The summed E-state index contributed by atoms with van der Waals surface area (Å²) in [6.07, 6.45) is 1.45. The van der Waals surface area contributed by atoms with Crippen molar-refractivity contribution in [3.63, 3.8) is 0 Å². The van der Waals surface area contributed by atoms with E-state index >= 15 is 26.3 Å². The van der Waals surface area contributed by atoms with E-state index in [2.05, 4.69) is 0 Å². The van der Waals surface area contributed by atoms with Gasteiger partial charge in [-0.15, -0.1) is 56.7 Å². The Morgan fingerprint density at radius 3 is 1.47 bits per heavy atom. The summed E-state index contributed by atoms with van der Waals surface area (Å²) in [6.45, 7) is 2.94. The molecule has 1 aliphatic rings. The van der Waals surface area contributed by atoms with Crippen LogP contribution in [0.25, 0.3) is 60.6 Å². The van der Waals surface area contributed by atoms with Crippen LogP contribution < -0.4 is 4.74 Å². The second-order valence-electron chi connectivity index (χ2n) is 12.5. The molecule has 0 saturated carbocycles. The summed E-state index contributed by atoms with van der Waals surface area (Å²) < 4.78 is 104. The van der Waals surface area contributed by atoms with E-state index in [4.69, 9.17) is 4.74 Å². The van der Waals surface area contributed by atoms with Gasteiger partial charge in [0, 0.05) is 61.3 Å². The van der Waals surface area contributed by atoms with E-state index in [-0.39, 0.29) is 21.1 Å². The molecule has 0 saturated heterocycles. The van der Waals surface area contributed by atoms with Crippen molar-refractivity contribution in [3.05, 3.63) is 111 Å². The minimum Gasteiger partial charge on any atom is -0.487 e. The average Bonchev–Trinajstić information content (AvgIpc) is 4.03. The molecule has 0 unspecified atom stereocenters. The van der Waals surface area contributed by atoms with Gasteiger partial charge in [0.05, 0.1) is 21.7 Å². The standard InChI is InChI=1S/C40H24F6O3S6/c1-19-30(32-33(39(43,44)40(45,46)38(32,41)42)31-20(2)34(55-37(31)49-3)21-7-5-4-6-8-21)36(29-16-14-27(53-29)25-12-10-23(18-48)51-25)54-35(19)28-15-13-26(52-28)24-11-9-22(17-47)50-24/h4-18H,1-3H3. The molecule has 0 aliphatic heterocycles. The average molecular weight is 859 g/mol. The Morgan fingerprint density at radius 2 is 0.964 bits per heavy atom. The number of hydrogen-bond donors (Lipinski definition) is 0. The largest absolute Gasteiger partial charge is 0.487 e. The van der Waals surface area contributed by atoms with Crippen molar-refractivity contribution in [3.8, 4) is 54.5 Å². The summed E-state index contributed by atoms with van der Waals surface area (Å²) in [7, 11) is 1.19. The van der Waals surface area contributed by atoms with Crippen LogP contribution in [0.4, 0.5) is 26.3 Å². The maximum absolute atomic E-state index is 16.7. The monoisotopic (exact) mass is 858 g/mol. The number of methoxy groups -OCH3 is 1. The van der Waals surface area contributed by atoms with E-state index in [9.17, 15) is 9.59 Å².